The van der Waals surface area contributed by atoms with Crippen LogP contribution in [0, 0.1) is 0 Å². The molecule has 0 N–H and O–H groups in total. The molecule has 1 aromatic heterocycles. The number of imidazole rings is 1. The molecule has 0 aromatic carbocycles. The molecular weight excluding hydrogens is 236 g/mol. The van der Waals surface area contributed by atoms with Gasteiger partial charge in [-0.2, -0.15) is 0 Å². The van der Waals surface area contributed by atoms with Gasteiger partial charge in [-0.25, -0.2) is 4.98 Å². The summed E-state index contributed by atoms with van der Waals surface area (Å²) in [7, 11) is 0. The summed E-state index contributed by atoms with van der Waals surface area (Å²) >= 11 is 0. The van der Waals surface area contributed by atoms with Crippen LogP contribution in [0.15, 0.2) is 24.5 Å². The van der Waals surface area contributed by atoms with Gasteiger partial charge < -0.3 is 4.57 Å². The second-order valence-corrected chi connectivity index (χ2v) is 5.64. The van der Waals surface area contributed by atoms with E-state index >= 15 is 0 Å². The van der Waals surface area contributed by atoms with Crippen LogP contribution in [0.3, 0.4) is 0 Å². The van der Waals surface area contributed by atoms with Crippen LogP contribution >= 0.6 is 0 Å². The first-order valence-electron chi connectivity index (χ1n) is 7.21. The molecule has 1 unspecified atom stereocenters. The van der Waals surface area contributed by atoms with Gasteiger partial charge in [0.1, 0.15) is 5.82 Å². The number of piperazine rings is 1. The van der Waals surface area contributed by atoms with Crippen LogP contribution in [0.1, 0.15) is 26.6 Å². The Morgan fingerprint density at radius 2 is 2.26 bits per heavy atom. The number of nitrogens with zero attached hydrogens (tertiary/aromatic N) is 4. The van der Waals surface area contributed by atoms with Gasteiger partial charge in [-0.3, -0.25) is 9.80 Å². The van der Waals surface area contributed by atoms with E-state index in [9.17, 15) is 0 Å². The van der Waals surface area contributed by atoms with E-state index in [1.807, 2.05) is 6.20 Å². The summed E-state index contributed by atoms with van der Waals surface area (Å²) in [5.41, 5.74) is 1.25. The Balaban J connectivity index is 1.91. The van der Waals surface area contributed by atoms with E-state index in [0.717, 1.165) is 39.3 Å². The standard InChI is InChI=1S/C15H26N4/c1-5-18-7-6-16-15(18)12-19-9-8-17(10-13(2)3)11-14(19)4/h6-7,14H,2,5,8-12H2,1,3-4H3. The van der Waals surface area contributed by atoms with E-state index in [4.69, 9.17) is 0 Å². The largest absolute Gasteiger partial charge is 0.334 e. The Bertz CT molecular complexity index is 424. The second-order valence-electron chi connectivity index (χ2n) is 5.64. The van der Waals surface area contributed by atoms with Crippen molar-refractivity contribution in [1.29, 1.82) is 0 Å². The summed E-state index contributed by atoms with van der Waals surface area (Å²) in [4.78, 5) is 9.50. The molecule has 4 nitrogen and oxygen atoms in total. The lowest BCUT2D eigenvalue weighted by molar-refractivity contribution is 0.0805. The maximum Gasteiger partial charge on any atom is 0.122 e. The Labute approximate surface area is 116 Å². The molecule has 0 aliphatic carbocycles. The third-order valence-electron chi connectivity index (χ3n) is 3.83. The lowest BCUT2D eigenvalue weighted by atomic mass is 10.1. The molecule has 0 bridgehead atoms. The van der Waals surface area contributed by atoms with E-state index in [2.05, 4.69) is 52.9 Å². The zero-order chi connectivity index (χ0) is 13.8. The van der Waals surface area contributed by atoms with Gasteiger partial charge in [-0.15, -0.1) is 0 Å². The van der Waals surface area contributed by atoms with E-state index in [1.165, 1.54) is 11.4 Å². The van der Waals surface area contributed by atoms with Gasteiger partial charge >= 0.3 is 0 Å². The quantitative estimate of drug-likeness (QED) is 0.758. The van der Waals surface area contributed by atoms with E-state index < -0.39 is 0 Å². The maximum absolute atomic E-state index is 4.48. The van der Waals surface area contributed by atoms with Crippen molar-refractivity contribution in [3.8, 4) is 0 Å². The molecule has 2 heterocycles. The van der Waals surface area contributed by atoms with Crippen molar-refractivity contribution in [2.75, 3.05) is 26.2 Å². The zero-order valence-corrected chi connectivity index (χ0v) is 12.5. The summed E-state index contributed by atoms with van der Waals surface area (Å²) in [5, 5.41) is 0. The van der Waals surface area contributed by atoms with Crippen molar-refractivity contribution in [2.45, 2.75) is 39.9 Å². The van der Waals surface area contributed by atoms with E-state index in [0.29, 0.717) is 6.04 Å². The zero-order valence-electron chi connectivity index (χ0n) is 12.5. The Hall–Kier alpha value is -1.13. The topological polar surface area (TPSA) is 24.3 Å². The first kappa shape index (κ1) is 14.3. The average molecular weight is 262 g/mol. The highest BCUT2D eigenvalue weighted by Gasteiger charge is 2.24. The van der Waals surface area contributed by atoms with Crippen molar-refractivity contribution >= 4 is 0 Å². The summed E-state index contributed by atoms with van der Waals surface area (Å²) in [6.45, 7) is 16.9. The number of hydrogen-bond donors (Lipinski definition) is 0. The first-order valence-corrected chi connectivity index (χ1v) is 7.21. The van der Waals surface area contributed by atoms with Crippen LogP contribution in [0.25, 0.3) is 0 Å². The van der Waals surface area contributed by atoms with Gasteiger partial charge in [-0.05, 0) is 20.8 Å². The van der Waals surface area contributed by atoms with Gasteiger partial charge in [0.25, 0.3) is 0 Å². The number of aromatic nitrogens is 2. The SMILES string of the molecule is C=C(C)CN1CCN(Cc2nccn2CC)C(C)C1. The minimum absolute atomic E-state index is 0.579. The smallest absolute Gasteiger partial charge is 0.122 e. The minimum atomic E-state index is 0.579. The highest BCUT2D eigenvalue weighted by Crippen LogP contribution is 2.14. The molecule has 1 fully saturated rings. The summed E-state index contributed by atoms with van der Waals surface area (Å²) in [6.07, 6.45) is 3.97. The Morgan fingerprint density at radius 1 is 1.47 bits per heavy atom. The van der Waals surface area contributed by atoms with Crippen molar-refractivity contribution in [3.63, 3.8) is 0 Å². The molecule has 0 radical (unpaired) electrons. The van der Waals surface area contributed by atoms with Crippen LogP contribution in [0.2, 0.25) is 0 Å². The molecule has 106 valence electrons. The highest BCUT2D eigenvalue weighted by molar-refractivity contribution is 4.96. The molecule has 1 aliphatic heterocycles. The van der Waals surface area contributed by atoms with Crippen LogP contribution in [0.5, 0.6) is 0 Å². The summed E-state index contributed by atoms with van der Waals surface area (Å²) in [5.74, 6) is 1.18. The molecule has 0 amide bonds. The van der Waals surface area contributed by atoms with Crippen LogP contribution in [-0.2, 0) is 13.1 Å². The molecule has 0 saturated carbocycles. The van der Waals surface area contributed by atoms with Crippen molar-refractivity contribution < 1.29 is 0 Å². The minimum Gasteiger partial charge on any atom is -0.334 e. The average Bonchev–Trinajstić information content (AvgIpc) is 2.79. The predicted octanol–water partition coefficient (Wildman–Crippen LogP) is 1.99. The molecule has 1 atom stereocenters. The number of aryl methyl sites for hydroxylation is 1. The number of hydrogen-bond acceptors (Lipinski definition) is 3. The van der Waals surface area contributed by atoms with Gasteiger partial charge in [-0.1, -0.05) is 12.2 Å². The lowest BCUT2D eigenvalue weighted by Gasteiger charge is -2.39. The summed E-state index contributed by atoms with van der Waals surface area (Å²) < 4.78 is 2.23. The molecule has 2 rings (SSSR count). The van der Waals surface area contributed by atoms with Gasteiger partial charge in [0.2, 0.25) is 0 Å². The van der Waals surface area contributed by atoms with Crippen LogP contribution in [-0.4, -0.2) is 51.6 Å². The normalized spacial score (nSPS) is 21.7. The van der Waals surface area contributed by atoms with Crippen LogP contribution < -0.4 is 0 Å². The fourth-order valence-corrected chi connectivity index (χ4v) is 2.79. The lowest BCUT2D eigenvalue weighted by Crippen LogP contribution is -2.51. The molecule has 0 spiro atoms. The van der Waals surface area contributed by atoms with E-state index in [1.54, 1.807) is 0 Å². The second kappa shape index (κ2) is 6.35. The Morgan fingerprint density at radius 3 is 2.89 bits per heavy atom. The monoisotopic (exact) mass is 262 g/mol. The van der Waals surface area contributed by atoms with Crippen molar-refractivity contribution in [1.82, 2.24) is 19.4 Å². The third-order valence-corrected chi connectivity index (χ3v) is 3.83. The van der Waals surface area contributed by atoms with Gasteiger partial charge in [0.15, 0.2) is 0 Å². The third kappa shape index (κ3) is 3.67. The van der Waals surface area contributed by atoms with Gasteiger partial charge in [0.05, 0.1) is 6.54 Å². The van der Waals surface area contributed by atoms with Gasteiger partial charge in [0, 0.05) is 51.2 Å². The summed E-state index contributed by atoms with van der Waals surface area (Å²) in [6, 6.07) is 0.579. The molecule has 4 heteroatoms. The molecule has 1 aliphatic rings. The van der Waals surface area contributed by atoms with Crippen LogP contribution in [0.4, 0.5) is 0 Å². The number of rotatable bonds is 5. The molecular formula is C15H26N4. The molecule has 19 heavy (non-hydrogen) atoms. The predicted molar refractivity (Wildman–Crippen MR) is 79.0 cm³/mol. The van der Waals surface area contributed by atoms with E-state index in [-0.39, 0.29) is 0 Å². The fraction of sp³-hybridized carbons (Fsp3) is 0.667. The first-order chi connectivity index (χ1) is 9.10. The fourth-order valence-electron chi connectivity index (χ4n) is 2.79. The molecule has 1 saturated heterocycles. The highest BCUT2D eigenvalue weighted by atomic mass is 15.3. The maximum atomic E-state index is 4.48. The van der Waals surface area contributed by atoms with Crippen molar-refractivity contribution in [2.24, 2.45) is 0 Å². The van der Waals surface area contributed by atoms with Crippen molar-refractivity contribution in [3.05, 3.63) is 30.4 Å². The Kier molecular flexibility index (Phi) is 4.77. The molecule has 1 aromatic rings.